The summed E-state index contributed by atoms with van der Waals surface area (Å²) in [7, 11) is 0. The predicted molar refractivity (Wildman–Crippen MR) is 78.0 cm³/mol. The third-order valence-electron chi connectivity index (χ3n) is 4.47. The first-order valence-electron chi connectivity index (χ1n) is 7.96. The maximum absolute atomic E-state index is 3.42. The maximum Gasteiger partial charge on any atom is 0.0113 e. The first kappa shape index (κ1) is 14.3. The van der Waals surface area contributed by atoms with E-state index >= 15 is 0 Å². The van der Waals surface area contributed by atoms with Crippen molar-refractivity contribution in [1.29, 1.82) is 0 Å². The van der Waals surface area contributed by atoms with Gasteiger partial charge in [0.15, 0.2) is 0 Å². The third kappa shape index (κ3) is 4.87. The zero-order chi connectivity index (χ0) is 12.8. The van der Waals surface area contributed by atoms with Crippen molar-refractivity contribution < 1.29 is 0 Å². The molecule has 0 aromatic heterocycles. The Morgan fingerprint density at radius 3 is 2.50 bits per heavy atom. The van der Waals surface area contributed by atoms with Gasteiger partial charge >= 0.3 is 0 Å². The highest BCUT2D eigenvalue weighted by Gasteiger charge is 2.27. The Labute approximate surface area is 113 Å². The summed E-state index contributed by atoms with van der Waals surface area (Å²) in [6.45, 7) is 13.4. The van der Waals surface area contributed by atoms with Crippen molar-refractivity contribution in [2.24, 2.45) is 5.92 Å². The van der Waals surface area contributed by atoms with Gasteiger partial charge in [0, 0.05) is 38.8 Å². The fourth-order valence-electron chi connectivity index (χ4n) is 2.93. The summed E-state index contributed by atoms with van der Waals surface area (Å²) in [5, 5.41) is 3.42. The molecule has 1 aliphatic carbocycles. The second-order valence-electron chi connectivity index (χ2n) is 6.12. The summed E-state index contributed by atoms with van der Waals surface area (Å²) < 4.78 is 0. The molecule has 0 aromatic carbocycles. The molecular formula is C15H31N3. The molecule has 1 heterocycles. The fraction of sp³-hybridized carbons (Fsp3) is 1.00. The van der Waals surface area contributed by atoms with Gasteiger partial charge in [-0.15, -0.1) is 0 Å². The van der Waals surface area contributed by atoms with Crippen molar-refractivity contribution >= 4 is 0 Å². The van der Waals surface area contributed by atoms with Crippen LogP contribution < -0.4 is 5.32 Å². The van der Waals surface area contributed by atoms with E-state index in [1.165, 1.54) is 65.0 Å². The minimum atomic E-state index is 0.770. The molecule has 18 heavy (non-hydrogen) atoms. The second kappa shape index (κ2) is 7.46. The Balaban J connectivity index is 1.56. The van der Waals surface area contributed by atoms with Gasteiger partial charge in [-0.2, -0.15) is 0 Å². The molecule has 3 nitrogen and oxygen atoms in total. The van der Waals surface area contributed by atoms with E-state index in [-0.39, 0.29) is 0 Å². The molecule has 1 N–H and O–H groups in total. The summed E-state index contributed by atoms with van der Waals surface area (Å²) in [5.74, 6) is 1.05. The molecular weight excluding hydrogens is 222 g/mol. The van der Waals surface area contributed by atoms with E-state index in [1.807, 2.05) is 0 Å². The Hall–Kier alpha value is -0.120. The molecule has 106 valence electrons. The van der Waals surface area contributed by atoms with Crippen LogP contribution in [0.2, 0.25) is 0 Å². The standard InChI is InChI=1S/C15H31N3/c1-3-16-8-4-5-14(2)18-11-9-17(10-12-18)13-15-6-7-15/h14-16H,3-13H2,1-2H3. The van der Waals surface area contributed by atoms with Gasteiger partial charge in [0.2, 0.25) is 0 Å². The van der Waals surface area contributed by atoms with Crippen molar-refractivity contribution in [2.75, 3.05) is 45.8 Å². The molecule has 0 spiro atoms. The molecule has 0 bridgehead atoms. The minimum absolute atomic E-state index is 0.770. The SMILES string of the molecule is CCNCCCC(C)N1CCN(CC2CC2)CC1. The highest BCUT2D eigenvalue weighted by atomic mass is 15.3. The topological polar surface area (TPSA) is 18.5 Å². The predicted octanol–water partition coefficient (Wildman–Crippen LogP) is 1.79. The molecule has 1 unspecified atom stereocenters. The average Bonchev–Trinajstić information content (AvgIpc) is 3.19. The van der Waals surface area contributed by atoms with E-state index in [0.717, 1.165) is 18.5 Å². The van der Waals surface area contributed by atoms with E-state index in [9.17, 15) is 0 Å². The Morgan fingerprint density at radius 1 is 1.17 bits per heavy atom. The quantitative estimate of drug-likeness (QED) is 0.665. The smallest absolute Gasteiger partial charge is 0.0113 e. The summed E-state index contributed by atoms with van der Waals surface area (Å²) in [6.07, 6.45) is 5.63. The zero-order valence-corrected chi connectivity index (χ0v) is 12.3. The van der Waals surface area contributed by atoms with Crippen LogP contribution >= 0.6 is 0 Å². The summed E-state index contributed by atoms with van der Waals surface area (Å²) >= 11 is 0. The van der Waals surface area contributed by atoms with Crippen molar-refractivity contribution in [3.05, 3.63) is 0 Å². The average molecular weight is 253 g/mol. The number of hydrogen-bond acceptors (Lipinski definition) is 3. The van der Waals surface area contributed by atoms with Gasteiger partial charge in [-0.25, -0.2) is 0 Å². The van der Waals surface area contributed by atoms with Gasteiger partial charge < -0.3 is 10.2 Å². The lowest BCUT2D eigenvalue weighted by Crippen LogP contribution is -2.50. The fourth-order valence-corrected chi connectivity index (χ4v) is 2.93. The van der Waals surface area contributed by atoms with Crippen LogP contribution in [0.1, 0.15) is 39.5 Å². The van der Waals surface area contributed by atoms with E-state index < -0.39 is 0 Å². The highest BCUT2D eigenvalue weighted by molar-refractivity contribution is 4.82. The maximum atomic E-state index is 3.42. The number of nitrogens with zero attached hydrogens (tertiary/aromatic N) is 2. The number of rotatable bonds is 8. The number of piperazine rings is 1. The molecule has 0 aromatic rings. The van der Waals surface area contributed by atoms with Gasteiger partial charge in [-0.1, -0.05) is 6.92 Å². The number of hydrogen-bond donors (Lipinski definition) is 1. The van der Waals surface area contributed by atoms with E-state index in [4.69, 9.17) is 0 Å². The van der Waals surface area contributed by atoms with Crippen LogP contribution in [0.4, 0.5) is 0 Å². The van der Waals surface area contributed by atoms with Crippen LogP contribution in [0.15, 0.2) is 0 Å². The van der Waals surface area contributed by atoms with Gasteiger partial charge in [-0.05, 0) is 51.6 Å². The van der Waals surface area contributed by atoms with Crippen LogP contribution in [-0.4, -0.2) is 61.7 Å². The molecule has 1 saturated heterocycles. The summed E-state index contributed by atoms with van der Waals surface area (Å²) in [6, 6.07) is 0.770. The Bertz CT molecular complexity index is 220. The van der Waals surface area contributed by atoms with Gasteiger partial charge in [-0.3, -0.25) is 4.90 Å². The van der Waals surface area contributed by atoms with Gasteiger partial charge in [0.05, 0.1) is 0 Å². The molecule has 1 aliphatic heterocycles. The summed E-state index contributed by atoms with van der Waals surface area (Å²) in [5.41, 5.74) is 0. The van der Waals surface area contributed by atoms with Gasteiger partial charge in [0.25, 0.3) is 0 Å². The second-order valence-corrected chi connectivity index (χ2v) is 6.12. The molecule has 1 atom stereocenters. The first-order valence-corrected chi connectivity index (χ1v) is 7.96. The molecule has 2 fully saturated rings. The zero-order valence-electron chi connectivity index (χ0n) is 12.3. The number of nitrogens with one attached hydrogen (secondary N) is 1. The van der Waals surface area contributed by atoms with Crippen LogP contribution in [0.5, 0.6) is 0 Å². The Kier molecular flexibility index (Phi) is 5.93. The molecule has 2 aliphatic rings. The minimum Gasteiger partial charge on any atom is -0.317 e. The molecule has 0 radical (unpaired) electrons. The molecule has 1 saturated carbocycles. The first-order chi connectivity index (χ1) is 8.79. The van der Waals surface area contributed by atoms with Crippen LogP contribution in [0, 0.1) is 5.92 Å². The van der Waals surface area contributed by atoms with Crippen LogP contribution in [-0.2, 0) is 0 Å². The van der Waals surface area contributed by atoms with E-state index in [1.54, 1.807) is 0 Å². The Morgan fingerprint density at radius 2 is 1.89 bits per heavy atom. The normalized spacial score (nSPS) is 24.3. The van der Waals surface area contributed by atoms with E-state index in [0.29, 0.717) is 0 Å². The largest absolute Gasteiger partial charge is 0.317 e. The van der Waals surface area contributed by atoms with Crippen LogP contribution in [0.25, 0.3) is 0 Å². The lowest BCUT2D eigenvalue weighted by Gasteiger charge is -2.38. The van der Waals surface area contributed by atoms with Crippen molar-refractivity contribution in [2.45, 2.75) is 45.6 Å². The lowest BCUT2D eigenvalue weighted by atomic mass is 10.1. The molecule has 3 heteroatoms. The van der Waals surface area contributed by atoms with Gasteiger partial charge in [0.1, 0.15) is 0 Å². The lowest BCUT2D eigenvalue weighted by molar-refractivity contribution is 0.0952. The summed E-state index contributed by atoms with van der Waals surface area (Å²) in [4.78, 5) is 5.37. The van der Waals surface area contributed by atoms with Crippen LogP contribution in [0.3, 0.4) is 0 Å². The monoisotopic (exact) mass is 253 g/mol. The van der Waals surface area contributed by atoms with Crippen molar-refractivity contribution in [3.63, 3.8) is 0 Å². The molecule has 2 rings (SSSR count). The molecule has 0 amide bonds. The highest BCUT2D eigenvalue weighted by Crippen LogP contribution is 2.30. The van der Waals surface area contributed by atoms with Crippen molar-refractivity contribution in [3.8, 4) is 0 Å². The van der Waals surface area contributed by atoms with E-state index in [2.05, 4.69) is 29.0 Å². The third-order valence-corrected chi connectivity index (χ3v) is 4.47. The van der Waals surface area contributed by atoms with Crippen molar-refractivity contribution in [1.82, 2.24) is 15.1 Å².